The van der Waals surface area contributed by atoms with Crippen molar-refractivity contribution in [1.82, 2.24) is 4.98 Å². The normalized spacial score (nSPS) is 36.7. The molecule has 2 fully saturated rings. The van der Waals surface area contributed by atoms with E-state index in [1.54, 1.807) is 6.20 Å². The minimum Gasteiger partial charge on any atom is -0.393 e. The summed E-state index contributed by atoms with van der Waals surface area (Å²) in [6.07, 6.45) is 3.59. The number of carbonyl (C=O) groups excluding carboxylic acids is 1. The number of rotatable bonds is 2. The SMILES string of the molecule is Cc1ccnc(NC(=O)C23CCC(C)(C(O)C2)C3(C)C)c1. The number of aryl methyl sites for hydroxylation is 1. The fourth-order valence-corrected chi connectivity index (χ4v) is 4.47. The van der Waals surface area contributed by atoms with Crippen LogP contribution in [0.25, 0.3) is 0 Å². The van der Waals surface area contributed by atoms with E-state index in [0.29, 0.717) is 12.2 Å². The number of hydrogen-bond acceptors (Lipinski definition) is 3. The molecule has 4 heteroatoms. The van der Waals surface area contributed by atoms with Crippen molar-refractivity contribution in [3.05, 3.63) is 23.9 Å². The predicted molar refractivity (Wildman–Crippen MR) is 81.8 cm³/mol. The van der Waals surface area contributed by atoms with Crippen molar-refractivity contribution in [3.63, 3.8) is 0 Å². The van der Waals surface area contributed by atoms with E-state index in [0.717, 1.165) is 18.4 Å². The highest BCUT2D eigenvalue weighted by molar-refractivity contribution is 5.96. The van der Waals surface area contributed by atoms with Crippen LogP contribution >= 0.6 is 0 Å². The molecular weight excluding hydrogens is 264 g/mol. The van der Waals surface area contributed by atoms with Crippen molar-refractivity contribution in [2.24, 2.45) is 16.2 Å². The van der Waals surface area contributed by atoms with Crippen LogP contribution in [0.5, 0.6) is 0 Å². The van der Waals surface area contributed by atoms with E-state index in [2.05, 4.69) is 31.1 Å². The van der Waals surface area contributed by atoms with Crippen molar-refractivity contribution >= 4 is 11.7 Å². The molecule has 3 atom stereocenters. The van der Waals surface area contributed by atoms with Crippen LogP contribution < -0.4 is 5.32 Å². The summed E-state index contributed by atoms with van der Waals surface area (Å²) < 4.78 is 0. The summed E-state index contributed by atoms with van der Waals surface area (Å²) in [6, 6.07) is 3.78. The number of pyridine rings is 1. The molecule has 1 amide bonds. The third kappa shape index (κ3) is 1.71. The second kappa shape index (κ2) is 4.29. The number of anilines is 1. The van der Waals surface area contributed by atoms with Crippen LogP contribution in [0, 0.1) is 23.2 Å². The maximum Gasteiger partial charge on any atom is 0.232 e. The molecule has 21 heavy (non-hydrogen) atoms. The molecule has 0 spiro atoms. The lowest BCUT2D eigenvalue weighted by molar-refractivity contribution is -0.130. The van der Waals surface area contributed by atoms with Gasteiger partial charge in [0, 0.05) is 6.20 Å². The Kier molecular flexibility index (Phi) is 2.97. The van der Waals surface area contributed by atoms with Gasteiger partial charge in [-0.2, -0.15) is 0 Å². The summed E-state index contributed by atoms with van der Waals surface area (Å²) in [6.45, 7) is 8.34. The highest BCUT2D eigenvalue weighted by atomic mass is 16.3. The number of amides is 1. The van der Waals surface area contributed by atoms with E-state index in [-0.39, 0.29) is 16.7 Å². The zero-order valence-corrected chi connectivity index (χ0v) is 13.2. The second-order valence-electron chi connectivity index (χ2n) is 7.52. The van der Waals surface area contributed by atoms with E-state index in [9.17, 15) is 9.90 Å². The lowest BCUT2D eigenvalue weighted by Gasteiger charge is -2.40. The molecule has 0 saturated heterocycles. The molecule has 114 valence electrons. The number of fused-ring (bicyclic) bond motifs is 2. The molecule has 0 aromatic carbocycles. The quantitative estimate of drug-likeness (QED) is 0.879. The molecule has 2 aliphatic carbocycles. The molecule has 0 radical (unpaired) electrons. The zero-order valence-electron chi connectivity index (χ0n) is 13.2. The molecule has 2 bridgehead atoms. The van der Waals surface area contributed by atoms with Gasteiger partial charge in [-0.25, -0.2) is 4.98 Å². The van der Waals surface area contributed by atoms with Crippen molar-refractivity contribution in [3.8, 4) is 0 Å². The van der Waals surface area contributed by atoms with Gasteiger partial charge < -0.3 is 10.4 Å². The minimum atomic E-state index is -0.493. The first kappa shape index (κ1) is 14.5. The summed E-state index contributed by atoms with van der Waals surface area (Å²) in [4.78, 5) is 17.2. The fourth-order valence-electron chi connectivity index (χ4n) is 4.47. The van der Waals surface area contributed by atoms with Gasteiger partial charge >= 0.3 is 0 Å². The lowest BCUT2D eigenvalue weighted by Crippen LogP contribution is -2.43. The van der Waals surface area contributed by atoms with Crippen LogP contribution in [-0.4, -0.2) is 22.1 Å². The fraction of sp³-hybridized carbons (Fsp3) is 0.647. The molecule has 4 nitrogen and oxygen atoms in total. The Labute approximate surface area is 126 Å². The van der Waals surface area contributed by atoms with Crippen LogP contribution in [0.4, 0.5) is 5.82 Å². The zero-order chi connectivity index (χ0) is 15.5. The molecule has 1 heterocycles. The van der Waals surface area contributed by atoms with Gasteiger partial charge in [0.1, 0.15) is 5.82 Å². The van der Waals surface area contributed by atoms with E-state index >= 15 is 0 Å². The van der Waals surface area contributed by atoms with Gasteiger partial charge in [-0.3, -0.25) is 4.79 Å². The van der Waals surface area contributed by atoms with Crippen LogP contribution in [-0.2, 0) is 4.79 Å². The predicted octanol–water partition coefficient (Wildman–Crippen LogP) is 2.91. The first-order valence-corrected chi connectivity index (χ1v) is 7.65. The third-order valence-electron chi connectivity index (χ3n) is 6.56. The first-order chi connectivity index (χ1) is 9.73. The van der Waals surface area contributed by atoms with Gasteiger partial charge in [0.05, 0.1) is 11.5 Å². The number of aromatic nitrogens is 1. The van der Waals surface area contributed by atoms with E-state index in [4.69, 9.17) is 0 Å². The van der Waals surface area contributed by atoms with Gasteiger partial charge in [-0.05, 0) is 54.7 Å². The number of nitrogens with zero attached hydrogens (tertiary/aromatic N) is 1. The van der Waals surface area contributed by atoms with Crippen molar-refractivity contribution in [1.29, 1.82) is 0 Å². The average molecular weight is 288 g/mol. The van der Waals surface area contributed by atoms with E-state index in [1.165, 1.54) is 0 Å². The Morgan fingerprint density at radius 1 is 1.38 bits per heavy atom. The Balaban J connectivity index is 1.91. The molecule has 0 aliphatic heterocycles. The summed E-state index contributed by atoms with van der Waals surface area (Å²) in [5.41, 5.74) is 0.185. The molecule has 1 aromatic rings. The smallest absolute Gasteiger partial charge is 0.232 e. The number of aliphatic hydroxyl groups excluding tert-OH is 1. The molecule has 1 aromatic heterocycles. The average Bonchev–Trinajstić information content (AvgIpc) is 2.69. The van der Waals surface area contributed by atoms with Crippen LogP contribution in [0.3, 0.4) is 0 Å². The van der Waals surface area contributed by atoms with Crippen LogP contribution in [0.2, 0.25) is 0 Å². The lowest BCUT2D eigenvalue weighted by atomic mass is 9.64. The number of nitrogens with one attached hydrogen (secondary N) is 1. The number of carbonyl (C=O) groups is 1. The van der Waals surface area contributed by atoms with Gasteiger partial charge in [0.25, 0.3) is 0 Å². The summed E-state index contributed by atoms with van der Waals surface area (Å²) in [5, 5.41) is 13.4. The Hall–Kier alpha value is -1.42. The minimum absolute atomic E-state index is 0.00544. The maximum atomic E-state index is 12.9. The standard InChI is InChI=1S/C17H24N2O2/c1-11-5-8-18-13(9-11)19-14(21)17-7-6-16(4,12(20)10-17)15(17,2)3/h5,8-9,12,20H,6-7,10H2,1-4H3,(H,18,19,21). The number of hydrogen-bond donors (Lipinski definition) is 2. The van der Waals surface area contributed by atoms with Crippen LogP contribution in [0.1, 0.15) is 45.6 Å². The van der Waals surface area contributed by atoms with Gasteiger partial charge in [-0.15, -0.1) is 0 Å². The van der Waals surface area contributed by atoms with Gasteiger partial charge in [0.2, 0.25) is 5.91 Å². The van der Waals surface area contributed by atoms with Crippen molar-refractivity contribution < 1.29 is 9.90 Å². The maximum absolute atomic E-state index is 12.9. The summed E-state index contributed by atoms with van der Waals surface area (Å²) >= 11 is 0. The first-order valence-electron chi connectivity index (χ1n) is 7.65. The second-order valence-corrected chi connectivity index (χ2v) is 7.52. The van der Waals surface area contributed by atoms with Crippen LogP contribution in [0.15, 0.2) is 18.3 Å². The van der Waals surface area contributed by atoms with Crippen molar-refractivity contribution in [2.75, 3.05) is 5.32 Å². The summed E-state index contributed by atoms with van der Waals surface area (Å²) in [5.74, 6) is 0.603. The highest BCUT2D eigenvalue weighted by Gasteiger charge is 2.72. The monoisotopic (exact) mass is 288 g/mol. The Bertz CT molecular complexity index is 598. The molecule has 2 saturated carbocycles. The third-order valence-corrected chi connectivity index (χ3v) is 6.56. The highest BCUT2D eigenvalue weighted by Crippen LogP contribution is 2.72. The molecular formula is C17H24N2O2. The summed E-state index contributed by atoms with van der Waals surface area (Å²) in [7, 11) is 0. The molecule has 3 unspecified atom stereocenters. The number of aliphatic hydroxyl groups is 1. The van der Waals surface area contributed by atoms with E-state index < -0.39 is 11.5 Å². The topological polar surface area (TPSA) is 62.2 Å². The molecule has 2 aliphatic rings. The largest absolute Gasteiger partial charge is 0.393 e. The van der Waals surface area contributed by atoms with E-state index in [1.807, 2.05) is 19.1 Å². The van der Waals surface area contributed by atoms with Gasteiger partial charge in [0.15, 0.2) is 0 Å². The molecule has 3 rings (SSSR count). The van der Waals surface area contributed by atoms with Gasteiger partial charge in [-0.1, -0.05) is 20.8 Å². The molecule has 2 N–H and O–H groups in total. The van der Waals surface area contributed by atoms with Crippen molar-refractivity contribution in [2.45, 2.75) is 53.1 Å². The Morgan fingerprint density at radius 3 is 2.62 bits per heavy atom. The Morgan fingerprint density at radius 2 is 2.10 bits per heavy atom.